The van der Waals surface area contributed by atoms with E-state index in [4.69, 9.17) is 11.6 Å². The number of esters is 1. The quantitative estimate of drug-likeness (QED) is 0.781. The number of halogens is 1. The normalized spacial score (nSPS) is 10.3. The number of nitrogens with zero attached hydrogens (tertiary/aromatic N) is 1. The van der Waals surface area contributed by atoms with Crippen LogP contribution in [0.15, 0.2) is 24.3 Å². The zero-order chi connectivity index (χ0) is 12.4. The Morgan fingerprint density at radius 1 is 1.47 bits per heavy atom. The first kappa shape index (κ1) is 12.1. The molecule has 0 atom stereocenters. The lowest BCUT2D eigenvalue weighted by atomic mass is 10.1. The van der Waals surface area contributed by atoms with E-state index in [1.165, 1.54) is 18.4 Å². The highest BCUT2D eigenvalue weighted by molar-refractivity contribution is 7.17. The Morgan fingerprint density at radius 3 is 2.88 bits per heavy atom. The van der Waals surface area contributed by atoms with Crippen LogP contribution in [0.3, 0.4) is 0 Å². The van der Waals surface area contributed by atoms with Crippen LogP contribution in [-0.4, -0.2) is 18.1 Å². The predicted octanol–water partition coefficient (Wildman–Crippen LogP) is 3.56. The standard InChI is InChI=1S/C12H10ClNO2S/c1-7-4-3-5-8(6-7)11-14-10(13)9(17-11)12(15)16-2/h3-6H,1-2H3. The Balaban J connectivity index is 2.44. The van der Waals surface area contributed by atoms with Crippen LogP contribution in [-0.2, 0) is 4.74 Å². The van der Waals surface area contributed by atoms with Crippen LogP contribution in [0.1, 0.15) is 15.2 Å². The molecule has 0 amide bonds. The molecule has 0 radical (unpaired) electrons. The molecule has 2 aromatic rings. The van der Waals surface area contributed by atoms with E-state index in [-0.39, 0.29) is 5.15 Å². The predicted molar refractivity (Wildman–Crippen MR) is 68.6 cm³/mol. The summed E-state index contributed by atoms with van der Waals surface area (Å²) in [4.78, 5) is 15.9. The van der Waals surface area contributed by atoms with Crippen LogP contribution in [0.5, 0.6) is 0 Å². The lowest BCUT2D eigenvalue weighted by Gasteiger charge is -1.96. The van der Waals surface area contributed by atoms with Crippen molar-refractivity contribution >= 4 is 28.9 Å². The van der Waals surface area contributed by atoms with Crippen molar-refractivity contribution in [1.29, 1.82) is 0 Å². The van der Waals surface area contributed by atoms with E-state index in [2.05, 4.69) is 9.72 Å². The van der Waals surface area contributed by atoms with Gasteiger partial charge in [-0.05, 0) is 13.0 Å². The number of aryl methyl sites for hydroxylation is 1. The third kappa shape index (κ3) is 2.48. The zero-order valence-electron chi connectivity index (χ0n) is 9.36. The molecule has 0 saturated heterocycles. The van der Waals surface area contributed by atoms with Crippen LogP contribution in [0, 0.1) is 6.92 Å². The van der Waals surface area contributed by atoms with Gasteiger partial charge in [0.05, 0.1) is 7.11 Å². The third-order valence-electron chi connectivity index (χ3n) is 2.22. The number of hydrogen-bond donors (Lipinski definition) is 0. The van der Waals surface area contributed by atoms with Gasteiger partial charge in [0.15, 0.2) is 10.0 Å². The molecule has 88 valence electrons. The van der Waals surface area contributed by atoms with Gasteiger partial charge < -0.3 is 4.74 Å². The molecule has 0 bridgehead atoms. The molecule has 0 aliphatic rings. The summed E-state index contributed by atoms with van der Waals surface area (Å²) in [6, 6.07) is 7.87. The molecule has 17 heavy (non-hydrogen) atoms. The molecule has 5 heteroatoms. The van der Waals surface area contributed by atoms with Gasteiger partial charge >= 0.3 is 5.97 Å². The molecule has 3 nitrogen and oxygen atoms in total. The van der Waals surface area contributed by atoms with Crippen molar-refractivity contribution < 1.29 is 9.53 Å². The first-order valence-electron chi connectivity index (χ1n) is 4.93. The average molecular weight is 268 g/mol. The van der Waals surface area contributed by atoms with E-state index < -0.39 is 5.97 Å². The summed E-state index contributed by atoms with van der Waals surface area (Å²) < 4.78 is 4.64. The second-order valence-electron chi connectivity index (χ2n) is 3.50. The van der Waals surface area contributed by atoms with Crippen molar-refractivity contribution in [3.8, 4) is 10.6 Å². The molecule has 1 heterocycles. The second-order valence-corrected chi connectivity index (χ2v) is 4.86. The summed E-state index contributed by atoms with van der Waals surface area (Å²) in [7, 11) is 1.32. The molecular weight excluding hydrogens is 258 g/mol. The topological polar surface area (TPSA) is 39.2 Å². The molecule has 1 aromatic heterocycles. The van der Waals surface area contributed by atoms with Crippen molar-refractivity contribution in [2.24, 2.45) is 0 Å². The number of benzene rings is 1. The lowest BCUT2D eigenvalue weighted by molar-refractivity contribution is 0.0606. The van der Waals surface area contributed by atoms with E-state index in [0.717, 1.165) is 16.1 Å². The van der Waals surface area contributed by atoms with Crippen molar-refractivity contribution in [2.75, 3.05) is 7.11 Å². The van der Waals surface area contributed by atoms with Gasteiger partial charge in [-0.3, -0.25) is 0 Å². The number of aromatic nitrogens is 1. The van der Waals surface area contributed by atoms with Crippen molar-refractivity contribution in [2.45, 2.75) is 6.92 Å². The van der Waals surface area contributed by atoms with Crippen LogP contribution >= 0.6 is 22.9 Å². The number of ether oxygens (including phenoxy) is 1. The minimum atomic E-state index is -0.452. The van der Waals surface area contributed by atoms with Gasteiger partial charge in [0.2, 0.25) is 0 Å². The fraction of sp³-hybridized carbons (Fsp3) is 0.167. The highest BCUT2D eigenvalue weighted by Crippen LogP contribution is 2.31. The van der Waals surface area contributed by atoms with Gasteiger partial charge in [-0.1, -0.05) is 35.4 Å². The number of rotatable bonds is 2. The third-order valence-corrected chi connectivity index (χ3v) is 3.69. The van der Waals surface area contributed by atoms with E-state index in [0.29, 0.717) is 4.88 Å². The van der Waals surface area contributed by atoms with E-state index in [1.54, 1.807) is 0 Å². The van der Waals surface area contributed by atoms with Crippen molar-refractivity contribution in [3.63, 3.8) is 0 Å². The van der Waals surface area contributed by atoms with Crippen LogP contribution < -0.4 is 0 Å². The van der Waals surface area contributed by atoms with Gasteiger partial charge in [-0.2, -0.15) is 0 Å². The minimum Gasteiger partial charge on any atom is -0.465 e. The number of hydrogen-bond acceptors (Lipinski definition) is 4. The van der Waals surface area contributed by atoms with Crippen LogP contribution in [0.4, 0.5) is 0 Å². The fourth-order valence-electron chi connectivity index (χ4n) is 1.42. The summed E-state index contributed by atoms with van der Waals surface area (Å²) >= 11 is 7.14. The van der Waals surface area contributed by atoms with E-state index >= 15 is 0 Å². The molecule has 0 N–H and O–H groups in total. The zero-order valence-corrected chi connectivity index (χ0v) is 10.9. The Morgan fingerprint density at radius 2 is 2.24 bits per heavy atom. The molecule has 0 aliphatic heterocycles. The van der Waals surface area contributed by atoms with Crippen molar-refractivity contribution in [3.05, 3.63) is 39.9 Å². The molecule has 0 fully saturated rings. The van der Waals surface area contributed by atoms with Crippen molar-refractivity contribution in [1.82, 2.24) is 4.98 Å². The molecule has 0 saturated carbocycles. The van der Waals surface area contributed by atoms with Gasteiger partial charge in [0, 0.05) is 5.56 Å². The van der Waals surface area contributed by atoms with E-state index in [1.807, 2.05) is 31.2 Å². The van der Waals surface area contributed by atoms with E-state index in [9.17, 15) is 4.79 Å². The molecule has 1 aromatic carbocycles. The molecule has 0 aliphatic carbocycles. The molecular formula is C12H10ClNO2S. The maximum atomic E-state index is 11.4. The Bertz CT molecular complexity index is 565. The highest BCUT2D eigenvalue weighted by atomic mass is 35.5. The monoisotopic (exact) mass is 267 g/mol. The summed E-state index contributed by atoms with van der Waals surface area (Å²) in [5, 5.41) is 0.914. The second kappa shape index (κ2) is 4.85. The summed E-state index contributed by atoms with van der Waals surface area (Å²) in [5.74, 6) is -0.452. The maximum Gasteiger partial charge on any atom is 0.351 e. The number of thiazole rings is 1. The largest absolute Gasteiger partial charge is 0.465 e. The number of carbonyl (C=O) groups is 1. The fourth-order valence-corrected chi connectivity index (χ4v) is 2.62. The van der Waals surface area contributed by atoms with Gasteiger partial charge in [0.25, 0.3) is 0 Å². The first-order valence-corrected chi connectivity index (χ1v) is 6.13. The minimum absolute atomic E-state index is 0.193. The average Bonchev–Trinajstić information content (AvgIpc) is 2.70. The van der Waals surface area contributed by atoms with Gasteiger partial charge in [-0.25, -0.2) is 9.78 Å². The Kier molecular flexibility index (Phi) is 3.45. The Labute approximate surface area is 108 Å². The van der Waals surface area contributed by atoms with Gasteiger partial charge in [-0.15, -0.1) is 11.3 Å². The summed E-state index contributed by atoms with van der Waals surface area (Å²) in [5.41, 5.74) is 2.08. The summed E-state index contributed by atoms with van der Waals surface area (Å²) in [6.07, 6.45) is 0. The summed E-state index contributed by atoms with van der Waals surface area (Å²) in [6.45, 7) is 2.00. The van der Waals surface area contributed by atoms with Crippen LogP contribution in [0.2, 0.25) is 5.15 Å². The van der Waals surface area contributed by atoms with Gasteiger partial charge in [0.1, 0.15) is 5.01 Å². The SMILES string of the molecule is COC(=O)c1sc(-c2cccc(C)c2)nc1Cl. The first-order chi connectivity index (χ1) is 8.11. The Hall–Kier alpha value is -1.39. The number of methoxy groups -OCH3 is 1. The number of carbonyl (C=O) groups excluding carboxylic acids is 1. The van der Waals surface area contributed by atoms with Crippen LogP contribution in [0.25, 0.3) is 10.6 Å². The molecule has 0 spiro atoms. The highest BCUT2D eigenvalue weighted by Gasteiger charge is 2.17. The smallest absolute Gasteiger partial charge is 0.351 e. The maximum absolute atomic E-state index is 11.4. The molecule has 0 unspecified atom stereocenters. The lowest BCUT2D eigenvalue weighted by Crippen LogP contribution is -1.98. The molecule has 2 rings (SSSR count).